The van der Waals surface area contributed by atoms with Crippen LogP contribution >= 0.6 is 46.2 Å². The van der Waals surface area contributed by atoms with Gasteiger partial charge >= 0.3 is 5.97 Å². The second-order valence-corrected chi connectivity index (χ2v) is 17.2. The van der Waals surface area contributed by atoms with Crippen molar-refractivity contribution in [3.8, 4) is 0 Å². The van der Waals surface area contributed by atoms with E-state index in [9.17, 15) is 19.2 Å². The highest BCUT2D eigenvalue weighted by molar-refractivity contribution is 8.04. The molecule has 5 aromatic rings. The number of fused-ring (bicyclic) bond motifs is 2. The van der Waals surface area contributed by atoms with E-state index < -0.39 is 23.5 Å². The normalized spacial score (nSPS) is 18.6. The van der Waals surface area contributed by atoms with E-state index in [1.165, 1.54) is 51.1 Å². The van der Waals surface area contributed by atoms with E-state index in [-0.39, 0.29) is 29.4 Å². The lowest BCUT2D eigenvalue weighted by Crippen LogP contribution is -2.70. The number of morpholine rings is 1. The number of amides is 2. The van der Waals surface area contributed by atoms with E-state index in [1.807, 2.05) is 102 Å². The van der Waals surface area contributed by atoms with Crippen molar-refractivity contribution in [2.75, 3.05) is 37.0 Å². The number of allylic oxidation sites excluding steroid dienone is 1. The number of β-lactam (4-membered cyclic amide) rings is 1. The minimum atomic E-state index is -0.763. The molecule has 2 amide bonds. The number of thiophene rings is 1. The zero-order valence-corrected chi connectivity index (χ0v) is 32.2. The summed E-state index contributed by atoms with van der Waals surface area (Å²) in [6, 6.07) is 29.6. The van der Waals surface area contributed by atoms with Crippen LogP contribution in [0.2, 0.25) is 0 Å². The fourth-order valence-corrected chi connectivity index (χ4v) is 10.7. The fourth-order valence-electron chi connectivity index (χ4n) is 6.68. The Morgan fingerprint density at radius 2 is 1.69 bits per heavy atom. The average Bonchev–Trinajstić information content (AvgIpc) is 3.72. The molecule has 0 aliphatic carbocycles. The quantitative estimate of drug-likeness (QED) is 0.0861. The van der Waals surface area contributed by atoms with Crippen LogP contribution in [0.5, 0.6) is 0 Å². The molecule has 2 aromatic heterocycles. The molecule has 1 unspecified atom stereocenters. The molecule has 8 rings (SSSR count). The number of hydrogen-bond donors (Lipinski definition) is 1. The lowest BCUT2D eigenvalue weighted by Gasteiger charge is -2.49. The number of nitrogens with one attached hydrogen (secondary N) is 1. The van der Waals surface area contributed by atoms with E-state index in [2.05, 4.69) is 16.3 Å². The summed E-state index contributed by atoms with van der Waals surface area (Å²) in [4.78, 5) is 58.9. The van der Waals surface area contributed by atoms with Crippen molar-refractivity contribution < 1.29 is 23.9 Å². The highest BCUT2D eigenvalue weighted by atomic mass is 32.2. The zero-order chi connectivity index (χ0) is 37.0. The monoisotopic (exact) mass is 793 g/mol. The molecule has 9 nitrogen and oxygen atoms in total. The van der Waals surface area contributed by atoms with E-state index in [0.29, 0.717) is 29.9 Å². The van der Waals surface area contributed by atoms with E-state index in [4.69, 9.17) is 9.47 Å². The van der Waals surface area contributed by atoms with Crippen LogP contribution in [0.3, 0.4) is 0 Å². The third-order valence-corrected chi connectivity index (χ3v) is 13.6. The maximum absolute atomic E-state index is 14.4. The number of nitrogens with zero attached hydrogens (tertiary/aromatic N) is 2. The highest BCUT2D eigenvalue weighted by Crippen LogP contribution is 2.42. The molecule has 0 spiro atoms. The number of esters is 1. The first-order valence-corrected chi connectivity index (χ1v) is 21.1. The molecule has 3 aliphatic rings. The third kappa shape index (κ3) is 7.78. The molecule has 3 aromatic carbocycles. The lowest BCUT2D eigenvalue weighted by molar-refractivity contribution is -0.154. The van der Waals surface area contributed by atoms with Crippen LogP contribution < -0.4 is 15.6 Å². The standard InChI is InChI=1S/C41H35N3O6S4/c45-32-24-35(54-33-22-29(13-14-31(32)33)43-16-18-49-19-17-43)52-21-15-28-25-53-40-36(42-34(46)23-30-12-7-20-51-30)39(47)44(40)37(28)41(48)50-38(26-8-3-1-4-9-26)27-10-5-2-6-11-27/h1-15,20-22,24,36,38,40H,16-19,23,25H2,(H,42,46)/t36?,40-/m1/s1. The minimum absolute atomic E-state index is 0.0565. The van der Waals surface area contributed by atoms with Crippen molar-refractivity contribution >= 4 is 79.8 Å². The maximum atomic E-state index is 14.4. The summed E-state index contributed by atoms with van der Waals surface area (Å²) in [5.74, 6) is -0.834. The Morgan fingerprint density at radius 3 is 2.39 bits per heavy atom. The summed E-state index contributed by atoms with van der Waals surface area (Å²) in [6.45, 7) is 2.95. The Morgan fingerprint density at radius 1 is 0.944 bits per heavy atom. The van der Waals surface area contributed by atoms with E-state index in [0.717, 1.165) is 43.7 Å². The zero-order valence-electron chi connectivity index (χ0n) is 28.9. The Labute approximate surface area is 328 Å². The summed E-state index contributed by atoms with van der Waals surface area (Å²) >= 11 is 5.89. The number of ether oxygens (including phenoxy) is 2. The molecule has 0 radical (unpaired) electrons. The lowest BCUT2D eigenvalue weighted by atomic mass is 10.0. The molecule has 2 fully saturated rings. The van der Waals surface area contributed by atoms with E-state index in [1.54, 1.807) is 6.07 Å². The van der Waals surface area contributed by atoms with E-state index >= 15 is 0 Å². The molecule has 1 N–H and O–H groups in total. The number of carbonyl (C=O) groups excluding carboxylic acids is 3. The molecular formula is C41H35N3O6S4. The van der Waals surface area contributed by atoms with Crippen LogP contribution in [-0.4, -0.2) is 66.2 Å². The largest absolute Gasteiger partial charge is 0.448 e. The van der Waals surface area contributed by atoms with Crippen molar-refractivity contribution in [2.24, 2.45) is 0 Å². The van der Waals surface area contributed by atoms with Gasteiger partial charge in [0.2, 0.25) is 5.91 Å². The van der Waals surface area contributed by atoms with Crippen molar-refractivity contribution in [3.05, 3.63) is 151 Å². The summed E-state index contributed by atoms with van der Waals surface area (Å²) in [5, 5.41) is 6.87. The van der Waals surface area contributed by atoms with Crippen LogP contribution in [0.1, 0.15) is 22.1 Å². The van der Waals surface area contributed by atoms with Crippen LogP contribution in [0.25, 0.3) is 10.1 Å². The van der Waals surface area contributed by atoms with Gasteiger partial charge in [-0.2, -0.15) is 0 Å². The Hall–Kier alpha value is -4.66. The van der Waals surface area contributed by atoms with Gasteiger partial charge in [0.25, 0.3) is 5.91 Å². The molecule has 3 aliphatic heterocycles. The summed E-state index contributed by atoms with van der Waals surface area (Å²) in [6.07, 6.45) is 1.29. The molecule has 2 atom stereocenters. The second kappa shape index (κ2) is 16.4. The summed E-state index contributed by atoms with van der Waals surface area (Å²) in [7, 11) is 0. The van der Waals surface area contributed by atoms with Gasteiger partial charge in [-0.15, -0.1) is 34.4 Å². The number of rotatable bonds is 11. The molecule has 0 bridgehead atoms. The molecule has 2 saturated heterocycles. The Kier molecular flexibility index (Phi) is 11.0. The van der Waals surface area contributed by atoms with Gasteiger partial charge < -0.3 is 19.7 Å². The first kappa shape index (κ1) is 36.3. The smallest absolute Gasteiger partial charge is 0.356 e. The van der Waals surface area contributed by atoms with Gasteiger partial charge in [-0.3, -0.25) is 19.3 Å². The van der Waals surface area contributed by atoms with Crippen molar-refractivity contribution in [1.29, 1.82) is 0 Å². The molecule has 5 heterocycles. The first-order chi connectivity index (χ1) is 26.4. The molecular weight excluding hydrogens is 759 g/mol. The van der Waals surface area contributed by atoms with Crippen molar-refractivity contribution in [1.82, 2.24) is 10.2 Å². The van der Waals surface area contributed by atoms with Crippen LogP contribution in [-0.2, 0) is 30.3 Å². The van der Waals surface area contributed by atoms with Gasteiger partial charge in [0.15, 0.2) is 11.5 Å². The summed E-state index contributed by atoms with van der Waals surface area (Å²) < 4.78 is 13.5. The van der Waals surface area contributed by atoms with Gasteiger partial charge in [-0.05, 0) is 57.8 Å². The number of carbonyl (C=O) groups is 3. The average molecular weight is 794 g/mol. The summed E-state index contributed by atoms with van der Waals surface area (Å²) in [5.41, 5.74) is 3.37. The molecule has 13 heteroatoms. The predicted molar refractivity (Wildman–Crippen MR) is 217 cm³/mol. The van der Waals surface area contributed by atoms with Gasteiger partial charge in [0.1, 0.15) is 17.1 Å². The van der Waals surface area contributed by atoms with Gasteiger partial charge in [0, 0.05) is 45.6 Å². The molecule has 274 valence electrons. The minimum Gasteiger partial charge on any atom is -0.448 e. The van der Waals surface area contributed by atoms with Gasteiger partial charge in [-0.1, -0.05) is 78.5 Å². The van der Waals surface area contributed by atoms with Crippen LogP contribution in [0, 0.1) is 0 Å². The Bertz CT molecular complexity index is 2250. The topological polar surface area (TPSA) is 105 Å². The van der Waals surface area contributed by atoms with Crippen molar-refractivity contribution in [2.45, 2.75) is 28.1 Å². The van der Waals surface area contributed by atoms with Gasteiger partial charge in [0.05, 0.1) is 23.8 Å². The third-order valence-electron chi connectivity index (χ3n) is 9.37. The van der Waals surface area contributed by atoms with Crippen molar-refractivity contribution in [3.63, 3.8) is 0 Å². The van der Waals surface area contributed by atoms with Gasteiger partial charge in [-0.25, -0.2) is 4.79 Å². The Balaban J connectivity index is 1.08. The SMILES string of the molecule is O=C(Cc1cccs1)NC1C(=O)N2C(C(=O)OC(c3ccccc3)c3ccccc3)=C(C=CSc3cc(=O)c4ccc(N5CCOCC5)cc4s3)CS[C@H]12. The molecule has 0 saturated carbocycles. The fraction of sp³-hybridized carbons (Fsp3) is 0.220. The number of benzene rings is 3. The van der Waals surface area contributed by atoms with Crippen LogP contribution in [0.4, 0.5) is 5.69 Å². The maximum Gasteiger partial charge on any atom is 0.356 e. The second-order valence-electron chi connectivity index (χ2n) is 12.8. The number of hydrogen-bond acceptors (Lipinski definition) is 11. The van der Waals surface area contributed by atoms with Crippen LogP contribution in [0.15, 0.2) is 134 Å². The predicted octanol–water partition coefficient (Wildman–Crippen LogP) is 6.99. The molecule has 54 heavy (non-hydrogen) atoms. The highest BCUT2D eigenvalue weighted by Gasteiger charge is 2.54. The number of thioether (sulfide) groups is 2. The first-order valence-electron chi connectivity index (χ1n) is 17.5. The number of anilines is 1.